The number of rotatable bonds is 10. The monoisotopic (exact) mass is 465 g/mol. The summed E-state index contributed by atoms with van der Waals surface area (Å²) in [5, 5.41) is 13.0. The summed E-state index contributed by atoms with van der Waals surface area (Å²) in [7, 11) is 0. The predicted octanol–water partition coefficient (Wildman–Crippen LogP) is 2.53. The normalized spacial score (nSPS) is 12.8. The SMILES string of the molecule is CCCN(OCc1ccc(N)cc1)C(=O)C1=Cc2ccc(C(=O)NCCCO)cc2N=C(N)C1. The van der Waals surface area contributed by atoms with Crippen LogP contribution in [0.25, 0.3) is 6.08 Å². The molecule has 0 spiro atoms. The molecule has 1 aliphatic heterocycles. The fourth-order valence-corrected chi connectivity index (χ4v) is 3.41. The molecule has 2 aromatic carbocycles. The molecule has 6 N–H and O–H groups in total. The zero-order chi connectivity index (χ0) is 24.5. The van der Waals surface area contributed by atoms with Crippen LogP contribution in [0.5, 0.6) is 0 Å². The summed E-state index contributed by atoms with van der Waals surface area (Å²) in [6.45, 7) is 2.99. The van der Waals surface area contributed by atoms with Crippen molar-refractivity contribution in [3.63, 3.8) is 0 Å². The lowest BCUT2D eigenvalue weighted by molar-refractivity contribution is -0.187. The molecule has 2 amide bonds. The van der Waals surface area contributed by atoms with Gasteiger partial charge in [-0.2, -0.15) is 0 Å². The van der Waals surface area contributed by atoms with E-state index in [0.717, 1.165) is 12.0 Å². The molecule has 1 heterocycles. The van der Waals surface area contributed by atoms with E-state index in [1.165, 1.54) is 5.06 Å². The van der Waals surface area contributed by atoms with Crippen LogP contribution in [-0.4, -0.2) is 47.5 Å². The summed E-state index contributed by atoms with van der Waals surface area (Å²) < 4.78 is 0. The Morgan fingerprint density at radius 2 is 1.94 bits per heavy atom. The molecule has 0 fully saturated rings. The first-order valence-electron chi connectivity index (χ1n) is 11.3. The molecule has 3 rings (SSSR count). The maximum Gasteiger partial charge on any atom is 0.273 e. The molecule has 1 aliphatic rings. The average molecular weight is 466 g/mol. The van der Waals surface area contributed by atoms with Crippen LogP contribution in [0.15, 0.2) is 53.0 Å². The molecule has 0 saturated heterocycles. The van der Waals surface area contributed by atoms with Crippen LogP contribution >= 0.6 is 0 Å². The quantitative estimate of drug-likeness (QED) is 0.241. The van der Waals surface area contributed by atoms with Crippen molar-refractivity contribution in [1.82, 2.24) is 10.4 Å². The van der Waals surface area contributed by atoms with Gasteiger partial charge in [-0.25, -0.2) is 10.1 Å². The number of anilines is 1. The molecule has 0 bridgehead atoms. The maximum absolute atomic E-state index is 13.3. The van der Waals surface area contributed by atoms with Crippen LogP contribution in [0.1, 0.15) is 47.7 Å². The van der Waals surface area contributed by atoms with Crippen molar-refractivity contribution in [2.45, 2.75) is 32.8 Å². The van der Waals surface area contributed by atoms with Gasteiger partial charge in [-0.3, -0.25) is 14.4 Å². The second-order valence-electron chi connectivity index (χ2n) is 7.98. The largest absolute Gasteiger partial charge is 0.399 e. The van der Waals surface area contributed by atoms with Crippen molar-refractivity contribution in [3.8, 4) is 0 Å². The van der Waals surface area contributed by atoms with Gasteiger partial charge in [0.25, 0.3) is 11.8 Å². The van der Waals surface area contributed by atoms with Crippen LogP contribution < -0.4 is 16.8 Å². The summed E-state index contributed by atoms with van der Waals surface area (Å²) in [5.74, 6) is -0.278. The zero-order valence-corrected chi connectivity index (χ0v) is 19.3. The van der Waals surface area contributed by atoms with Crippen LogP contribution in [-0.2, 0) is 16.2 Å². The third kappa shape index (κ3) is 6.66. The molecule has 180 valence electrons. The van der Waals surface area contributed by atoms with E-state index in [0.29, 0.717) is 47.6 Å². The van der Waals surface area contributed by atoms with E-state index < -0.39 is 0 Å². The lowest BCUT2D eigenvalue weighted by atomic mass is 10.0. The number of aliphatic imine (C=N–C) groups is 1. The van der Waals surface area contributed by atoms with Gasteiger partial charge in [0.05, 0.1) is 5.69 Å². The van der Waals surface area contributed by atoms with E-state index in [2.05, 4.69) is 10.3 Å². The molecular formula is C25H31N5O4. The van der Waals surface area contributed by atoms with Gasteiger partial charge in [0.1, 0.15) is 12.4 Å². The lowest BCUT2D eigenvalue weighted by Gasteiger charge is -2.22. The third-order valence-corrected chi connectivity index (χ3v) is 5.17. The molecule has 0 radical (unpaired) electrons. The summed E-state index contributed by atoms with van der Waals surface area (Å²) in [4.78, 5) is 35.9. The van der Waals surface area contributed by atoms with Gasteiger partial charge in [0.2, 0.25) is 0 Å². The second kappa shape index (κ2) is 12.0. The Morgan fingerprint density at radius 3 is 2.65 bits per heavy atom. The van der Waals surface area contributed by atoms with E-state index in [1.807, 2.05) is 19.1 Å². The first-order chi connectivity index (χ1) is 16.4. The van der Waals surface area contributed by atoms with E-state index in [9.17, 15) is 9.59 Å². The highest BCUT2D eigenvalue weighted by Crippen LogP contribution is 2.28. The smallest absolute Gasteiger partial charge is 0.273 e. The molecule has 9 nitrogen and oxygen atoms in total. The minimum absolute atomic E-state index is 0.00559. The van der Waals surface area contributed by atoms with Crippen molar-refractivity contribution in [3.05, 3.63) is 64.7 Å². The number of hydrogen-bond acceptors (Lipinski definition) is 7. The minimum Gasteiger partial charge on any atom is -0.399 e. The second-order valence-corrected chi connectivity index (χ2v) is 7.98. The van der Waals surface area contributed by atoms with Crippen LogP contribution in [0, 0.1) is 0 Å². The number of hydrogen-bond donors (Lipinski definition) is 4. The number of nitrogens with zero attached hydrogens (tertiary/aromatic N) is 2. The number of fused-ring (bicyclic) bond motifs is 1. The number of carbonyl (C=O) groups excluding carboxylic acids is 2. The maximum atomic E-state index is 13.3. The van der Waals surface area contributed by atoms with Gasteiger partial charge >= 0.3 is 0 Å². The molecule has 2 aromatic rings. The number of carbonyl (C=O) groups is 2. The fraction of sp³-hybridized carbons (Fsp3) is 0.320. The van der Waals surface area contributed by atoms with Crippen LogP contribution in [0.2, 0.25) is 0 Å². The summed E-state index contributed by atoms with van der Waals surface area (Å²) >= 11 is 0. The van der Waals surface area contributed by atoms with Gasteiger partial charge in [-0.05, 0) is 48.7 Å². The number of nitrogen functional groups attached to an aromatic ring is 1. The Morgan fingerprint density at radius 1 is 1.18 bits per heavy atom. The Balaban J connectivity index is 1.78. The first kappa shape index (κ1) is 24.9. The Kier molecular flexibility index (Phi) is 8.78. The standard InChI is InChI=1S/C25H31N5O4/c1-2-11-30(34-16-17-4-8-21(26)9-5-17)25(33)20-13-18-6-7-19(24(32)28-10-3-12-31)14-22(18)29-23(27)15-20/h4-9,13-14,31H,2-3,10-12,15-16,26H2,1H3,(H2,27,29)(H,28,32). The van der Waals surface area contributed by atoms with Crippen molar-refractivity contribution in [2.24, 2.45) is 10.7 Å². The molecule has 0 aliphatic carbocycles. The predicted molar refractivity (Wildman–Crippen MR) is 132 cm³/mol. The fourth-order valence-electron chi connectivity index (χ4n) is 3.41. The third-order valence-electron chi connectivity index (χ3n) is 5.17. The molecule has 0 unspecified atom stereocenters. The number of nitrogens with one attached hydrogen (secondary N) is 1. The average Bonchev–Trinajstić information content (AvgIpc) is 2.99. The summed E-state index contributed by atoms with van der Waals surface area (Å²) in [5.41, 5.74) is 15.5. The van der Waals surface area contributed by atoms with Gasteiger partial charge in [0.15, 0.2) is 0 Å². The zero-order valence-electron chi connectivity index (χ0n) is 19.3. The van der Waals surface area contributed by atoms with Crippen molar-refractivity contribution >= 4 is 35.1 Å². The van der Waals surface area contributed by atoms with Gasteiger partial charge in [-0.1, -0.05) is 25.1 Å². The molecule has 9 heteroatoms. The Bertz CT molecular complexity index is 1080. The van der Waals surface area contributed by atoms with Crippen molar-refractivity contribution in [2.75, 3.05) is 25.4 Å². The first-order valence-corrected chi connectivity index (χ1v) is 11.3. The van der Waals surface area contributed by atoms with Crippen LogP contribution in [0.3, 0.4) is 0 Å². The number of benzene rings is 2. The molecule has 0 saturated carbocycles. The van der Waals surface area contributed by atoms with Crippen LogP contribution in [0.4, 0.5) is 11.4 Å². The molecule has 0 aromatic heterocycles. The summed E-state index contributed by atoms with van der Waals surface area (Å²) in [6.07, 6.45) is 3.10. The number of amidine groups is 1. The number of nitrogens with two attached hydrogens (primary N) is 2. The van der Waals surface area contributed by atoms with E-state index >= 15 is 0 Å². The highest BCUT2D eigenvalue weighted by molar-refractivity contribution is 6.05. The topological polar surface area (TPSA) is 143 Å². The van der Waals surface area contributed by atoms with Crippen molar-refractivity contribution < 1.29 is 19.5 Å². The van der Waals surface area contributed by atoms with E-state index in [1.54, 1.807) is 36.4 Å². The molecule has 34 heavy (non-hydrogen) atoms. The number of hydroxylamine groups is 2. The Hall–Kier alpha value is -3.69. The number of aliphatic hydroxyl groups excluding tert-OH is 1. The lowest BCUT2D eigenvalue weighted by Crippen LogP contribution is -2.34. The van der Waals surface area contributed by atoms with Gasteiger partial charge in [-0.15, -0.1) is 0 Å². The summed E-state index contributed by atoms with van der Waals surface area (Å²) in [6, 6.07) is 12.3. The number of aliphatic hydroxyl groups is 1. The Labute approximate surface area is 199 Å². The molecule has 0 atom stereocenters. The minimum atomic E-state index is -0.283. The highest BCUT2D eigenvalue weighted by atomic mass is 16.7. The van der Waals surface area contributed by atoms with E-state index in [4.69, 9.17) is 21.4 Å². The van der Waals surface area contributed by atoms with Gasteiger partial charge < -0.3 is 21.9 Å². The molecular weight excluding hydrogens is 434 g/mol. The van der Waals surface area contributed by atoms with Gasteiger partial charge in [0, 0.05) is 48.5 Å². The highest BCUT2D eigenvalue weighted by Gasteiger charge is 2.22. The van der Waals surface area contributed by atoms with Crippen molar-refractivity contribution in [1.29, 1.82) is 0 Å². The number of amides is 2. The van der Waals surface area contributed by atoms with E-state index in [-0.39, 0.29) is 37.3 Å².